The monoisotopic (exact) mass is 756 g/mol. The molecule has 2 saturated heterocycles. The molecule has 2 fully saturated rings. The number of hydrogen-bond acceptors (Lipinski definition) is 18. The fourth-order valence-corrected chi connectivity index (χ4v) is 5.89. The molecule has 0 aliphatic carbocycles. The minimum Gasteiger partial charge on any atom is -0.508 e. The van der Waals surface area contributed by atoms with Crippen LogP contribution in [0.15, 0.2) is 69.9 Å². The van der Waals surface area contributed by atoms with Crippen molar-refractivity contribution in [2.45, 2.75) is 68.3 Å². The molecular weight excluding hydrogens is 720 g/mol. The van der Waals surface area contributed by atoms with Crippen LogP contribution in [0.1, 0.15) is 12.5 Å². The van der Waals surface area contributed by atoms with Crippen molar-refractivity contribution in [2.75, 3.05) is 6.61 Å². The Kier molecular flexibility index (Phi) is 11.0. The highest BCUT2D eigenvalue weighted by atomic mass is 16.7. The van der Waals surface area contributed by atoms with Gasteiger partial charge in [0.1, 0.15) is 64.8 Å². The zero-order chi connectivity index (χ0) is 39.0. The summed E-state index contributed by atoms with van der Waals surface area (Å²) in [5.74, 6) is -4.59. The summed E-state index contributed by atoms with van der Waals surface area (Å²) in [6.45, 7) is 0.716. The van der Waals surface area contributed by atoms with E-state index in [0.29, 0.717) is 5.56 Å². The van der Waals surface area contributed by atoms with Crippen LogP contribution in [0.25, 0.3) is 28.4 Å². The third-order valence-electron chi connectivity index (χ3n) is 8.82. The Balaban J connectivity index is 1.34. The number of phenolic OH excluding ortho intramolecular Hbond substituents is 5. The molecule has 4 aromatic rings. The summed E-state index contributed by atoms with van der Waals surface area (Å²) in [6, 6.07) is 10.9. The summed E-state index contributed by atoms with van der Waals surface area (Å²) in [6.07, 6.45) is -14.6. The molecule has 288 valence electrons. The highest BCUT2D eigenvalue weighted by molar-refractivity contribution is 5.88. The lowest BCUT2D eigenvalue weighted by Gasteiger charge is -2.43. The molecule has 2 aliphatic rings. The second-order valence-corrected chi connectivity index (χ2v) is 12.6. The third kappa shape index (κ3) is 7.77. The normalized spacial score (nSPS) is 28.6. The molecule has 0 bridgehead atoms. The van der Waals surface area contributed by atoms with Crippen LogP contribution in [0.5, 0.6) is 34.5 Å². The van der Waals surface area contributed by atoms with E-state index in [2.05, 4.69) is 0 Å². The molecule has 3 aromatic carbocycles. The van der Waals surface area contributed by atoms with E-state index in [4.69, 9.17) is 28.1 Å². The van der Waals surface area contributed by atoms with E-state index in [1.807, 2.05) is 0 Å². The average Bonchev–Trinajstić information content (AvgIpc) is 3.13. The van der Waals surface area contributed by atoms with Crippen molar-refractivity contribution in [1.82, 2.24) is 0 Å². The van der Waals surface area contributed by atoms with E-state index in [0.717, 1.165) is 30.3 Å². The summed E-state index contributed by atoms with van der Waals surface area (Å²) in [5, 5.41) is 103. The summed E-state index contributed by atoms with van der Waals surface area (Å²) in [7, 11) is 0. The second kappa shape index (κ2) is 15.5. The number of esters is 1. The lowest BCUT2D eigenvalue weighted by atomic mass is 9.98. The Bertz CT molecular complexity index is 2080. The zero-order valence-electron chi connectivity index (χ0n) is 28.1. The molecule has 18 heteroatoms. The number of carbonyl (C=O) groups is 1. The van der Waals surface area contributed by atoms with E-state index < -0.39 is 119 Å². The smallest absolute Gasteiger partial charge is 0.331 e. The predicted octanol–water partition coefficient (Wildman–Crippen LogP) is 0.283. The summed E-state index contributed by atoms with van der Waals surface area (Å²) < 4.78 is 34.1. The lowest BCUT2D eigenvalue weighted by Crippen LogP contribution is -2.62. The number of carbonyl (C=O) groups excluding carboxylic acids is 1. The summed E-state index contributed by atoms with van der Waals surface area (Å²) in [4.78, 5) is 26.8. The lowest BCUT2D eigenvalue weighted by molar-refractivity contribution is -0.319. The van der Waals surface area contributed by atoms with E-state index in [1.54, 1.807) is 0 Å². The fourth-order valence-electron chi connectivity index (χ4n) is 5.89. The first-order chi connectivity index (χ1) is 25.6. The van der Waals surface area contributed by atoms with Crippen molar-refractivity contribution >= 4 is 23.0 Å². The Morgan fingerprint density at radius 2 is 1.46 bits per heavy atom. The Morgan fingerprint density at radius 1 is 0.759 bits per heavy atom. The Hall–Kier alpha value is -5.44. The number of fused-ring (bicyclic) bond motifs is 1. The Morgan fingerprint density at radius 3 is 2.17 bits per heavy atom. The largest absolute Gasteiger partial charge is 0.508 e. The van der Waals surface area contributed by atoms with Crippen LogP contribution in [0.3, 0.4) is 0 Å². The van der Waals surface area contributed by atoms with Crippen LogP contribution in [0, 0.1) is 0 Å². The van der Waals surface area contributed by atoms with Crippen LogP contribution in [0.4, 0.5) is 0 Å². The van der Waals surface area contributed by atoms with Gasteiger partial charge in [-0.25, -0.2) is 4.79 Å². The van der Waals surface area contributed by atoms with Crippen molar-refractivity contribution in [2.24, 2.45) is 0 Å². The van der Waals surface area contributed by atoms with Gasteiger partial charge in [-0.15, -0.1) is 0 Å². The number of aliphatic hydroxyl groups is 5. The number of rotatable bonds is 9. The Labute approximate surface area is 304 Å². The maximum absolute atomic E-state index is 13.9. The molecule has 6 rings (SSSR count). The molecule has 3 heterocycles. The van der Waals surface area contributed by atoms with Gasteiger partial charge in [0.2, 0.25) is 17.5 Å². The van der Waals surface area contributed by atoms with Crippen molar-refractivity contribution in [3.63, 3.8) is 0 Å². The van der Waals surface area contributed by atoms with Gasteiger partial charge in [0.15, 0.2) is 29.7 Å². The van der Waals surface area contributed by atoms with Gasteiger partial charge in [-0.3, -0.25) is 4.79 Å². The quantitative estimate of drug-likeness (QED) is 0.0623. The molecule has 2 aliphatic heterocycles. The minimum atomic E-state index is -2.08. The summed E-state index contributed by atoms with van der Waals surface area (Å²) in [5.41, 5.74) is -0.977. The molecule has 54 heavy (non-hydrogen) atoms. The van der Waals surface area contributed by atoms with Gasteiger partial charge in [-0.2, -0.15) is 0 Å². The average molecular weight is 757 g/mol. The highest BCUT2D eigenvalue weighted by Crippen LogP contribution is 2.39. The molecule has 10 atom stereocenters. The van der Waals surface area contributed by atoms with Gasteiger partial charge in [0.25, 0.3) is 0 Å². The predicted molar refractivity (Wildman–Crippen MR) is 181 cm³/mol. The van der Waals surface area contributed by atoms with Crippen molar-refractivity contribution in [1.29, 1.82) is 0 Å². The van der Waals surface area contributed by atoms with Gasteiger partial charge >= 0.3 is 5.97 Å². The van der Waals surface area contributed by atoms with Crippen LogP contribution in [-0.4, -0.2) is 125 Å². The molecule has 0 saturated carbocycles. The zero-order valence-corrected chi connectivity index (χ0v) is 28.1. The van der Waals surface area contributed by atoms with E-state index in [9.17, 15) is 60.7 Å². The summed E-state index contributed by atoms with van der Waals surface area (Å²) >= 11 is 0. The number of phenols is 5. The maximum atomic E-state index is 13.9. The molecule has 1 aromatic heterocycles. The number of aromatic hydroxyl groups is 5. The van der Waals surface area contributed by atoms with Crippen LogP contribution in [-0.2, 0) is 23.7 Å². The number of ether oxygens (including phenoxy) is 5. The number of hydrogen-bond donors (Lipinski definition) is 10. The fraction of sp³-hybridized carbons (Fsp3) is 0.333. The molecular formula is C36H36O18. The first kappa shape index (κ1) is 38.3. The minimum absolute atomic E-state index is 0.0137. The molecule has 10 N–H and O–H groups in total. The third-order valence-corrected chi connectivity index (χ3v) is 8.82. The van der Waals surface area contributed by atoms with Gasteiger partial charge in [-0.05, 0) is 48.9 Å². The molecule has 0 spiro atoms. The highest BCUT2D eigenvalue weighted by Gasteiger charge is 2.50. The van der Waals surface area contributed by atoms with Crippen molar-refractivity contribution in [3.8, 4) is 45.8 Å². The molecule has 18 nitrogen and oxygen atoms in total. The standard InChI is InChI=1S/C36H36O18/c1-14-26(43)28(45)30(47)35(50-14)49-13-23-33(53-24(42)9-4-15-2-6-17(37)7-3-15)29(46)31(48)36(52-23)54-34-27(44)25-21(41)11-18(38)12-22(25)51-32(34)16-5-8-19(39)20(40)10-16/h2-12,14,23,26,28-31,33,35-41,43,45-48H,13H2,1H3/b9-4+/t14-,23+,26-,28+,29+,30+,31+,33-,35+,36-/m0/s1. The maximum Gasteiger partial charge on any atom is 0.331 e. The van der Waals surface area contributed by atoms with Gasteiger partial charge in [-0.1, -0.05) is 12.1 Å². The van der Waals surface area contributed by atoms with Gasteiger partial charge in [0, 0.05) is 23.8 Å². The van der Waals surface area contributed by atoms with Gasteiger partial charge in [0.05, 0.1) is 12.7 Å². The first-order valence-corrected chi connectivity index (χ1v) is 16.3. The second-order valence-electron chi connectivity index (χ2n) is 12.6. The SMILES string of the molecule is C[C@@H]1O[C@@H](OC[C@H]2O[C@@H](Oc3c(-c4ccc(O)c(O)c4)oc4cc(O)cc(O)c4c3=O)[C@H](O)[C@@H](O)[C@H]2OC(=O)/C=C/c2ccc(O)cc2)[C@H](O)[C@H](O)[C@H]1O. The first-order valence-electron chi connectivity index (χ1n) is 16.3. The molecule has 0 amide bonds. The van der Waals surface area contributed by atoms with Crippen molar-refractivity contribution < 1.29 is 84.0 Å². The molecule has 0 radical (unpaired) electrons. The van der Waals surface area contributed by atoms with Gasteiger partial charge < -0.3 is 79.2 Å². The van der Waals surface area contributed by atoms with Crippen LogP contribution in [0.2, 0.25) is 0 Å². The van der Waals surface area contributed by atoms with E-state index >= 15 is 0 Å². The molecule has 0 unspecified atom stereocenters. The topological polar surface area (TPSA) is 296 Å². The van der Waals surface area contributed by atoms with E-state index in [-0.39, 0.29) is 16.9 Å². The van der Waals surface area contributed by atoms with E-state index in [1.165, 1.54) is 43.3 Å². The van der Waals surface area contributed by atoms with Crippen molar-refractivity contribution in [3.05, 3.63) is 76.5 Å². The van der Waals surface area contributed by atoms with Crippen LogP contribution < -0.4 is 10.2 Å². The van der Waals surface area contributed by atoms with Crippen LogP contribution >= 0.6 is 0 Å². The number of aliphatic hydroxyl groups excluding tert-OH is 5. The number of benzene rings is 3.